The highest BCUT2D eigenvalue weighted by Gasteiger charge is 2.59. The molecule has 1 fully saturated rings. The highest BCUT2D eigenvalue weighted by atomic mass is 35.5. The number of nitriles is 1. The van der Waals surface area contributed by atoms with E-state index in [1.54, 1.807) is 24.3 Å². The van der Waals surface area contributed by atoms with Gasteiger partial charge in [-0.15, -0.1) is 0 Å². The summed E-state index contributed by atoms with van der Waals surface area (Å²) in [5.41, 5.74) is 0.244. The van der Waals surface area contributed by atoms with Gasteiger partial charge in [-0.25, -0.2) is 4.79 Å². The maximum atomic E-state index is 13.9. The lowest BCUT2D eigenvalue weighted by molar-refractivity contribution is -0.146. The normalized spacial score (nSPS) is 24.4. The molecular formula is C29H35Cl2N3O3. The second kappa shape index (κ2) is 11.4. The largest absolute Gasteiger partial charge is 0.467 e. The van der Waals surface area contributed by atoms with Crippen molar-refractivity contribution < 1.29 is 14.3 Å². The van der Waals surface area contributed by atoms with E-state index in [0.29, 0.717) is 16.5 Å². The number of amides is 1. The minimum absolute atomic E-state index is 0.150. The van der Waals surface area contributed by atoms with Crippen LogP contribution in [0, 0.1) is 22.7 Å². The first kappa shape index (κ1) is 29.0. The quantitative estimate of drug-likeness (QED) is 0.441. The first-order chi connectivity index (χ1) is 17.3. The molecule has 1 saturated heterocycles. The Morgan fingerprint density at radius 1 is 1.14 bits per heavy atom. The Hall–Kier alpha value is -2.59. The van der Waals surface area contributed by atoms with Crippen LogP contribution >= 0.6 is 23.2 Å². The Labute approximate surface area is 229 Å². The molecule has 1 heterocycles. The Bertz CT molecular complexity index is 1170. The molecule has 1 aliphatic heterocycles. The van der Waals surface area contributed by atoms with Gasteiger partial charge in [-0.3, -0.25) is 4.79 Å². The maximum absolute atomic E-state index is 13.9. The van der Waals surface area contributed by atoms with Crippen molar-refractivity contribution in [1.29, 1.82) is 5.26 Å². The molecule has 1 aliphatic rings. The molecule has 0 bridgehead atoms. The molecule has 0 spiro atoms. The molecule has 198 valence electrons. The fourth-order valence-corrected chi connectivity index (χ4v) is 5.65. The van der Waals surface area contributed by atoms with E-state index >= 15 is 0 Å². The number of hydrogen-bond donors (Lipinski definition) is 2. The molecule has 2 aromatic carbocycles. The summed E-state index contributed by atoms with van der Waals surface area (Å²) in [4.78, 5) is 26.4. The Morgan fingerprint density at radius 2 is 1.78 bits per heavy atom. The average molecular weight is 545 g/mol. The number of nitrogens with zero attached hydrogens (tertiary/aromatic N) is 1. The number of nitrogens with one attached hydrogen (secondary N) is 2. The summed E-state index contributed by atoms with van der Waals surface area (Å²) in [6.07, 6.45) is 0.620. The Kier molecular flexibility index (Phi) is 8.95. The number of esters is 1. The average Bonchev–Trinajstić information content (AvgIpc) is 3.15. The van der Waals surface area contributed by atoms with E-state index in [9.17, 15) is 14.9 Å². The Balaban J connectivity index is 2.23. The summed E-state index contributed by atoms with van der Waals surface area (Å²) in [6, 6.07) is 15.1. The molecule has 8 heteroatoms. The van der Waals surface area contributed by atoms with Crippen LogP contribution in [0.4, 0.5) is 0 Å². The molecule has 0 radical (unpaired) electrons. The van der Waals surface area contributed by atoms with Crippen LogP contribution < -0.4 is 10.6 Å². The predicted molar refractivity (Wildman–Crippen MR) is 147 cm³/mol. The second-order valence-corrected chi connectivity index (χ2v) is 12.1. The zero-order chi connectivity index (χ0) is 27.5. The van der Waals surface area contributed by atoms with Crippen molar-refractivity contribution in [2.75, 3.05) is 7.11 Å². The SMILES string of the molecule is COC(=O)C(NC(=O)[C@@H]1N[C@@H](CC(C)(C)C)[C@](C#N)(c2ccc(Cl)cc2)[C@H]1c1cccc(Cl)c1)C(C)C. The van der Waals surface area contributed by atoms with E-state index in [-0.39, 0.29) is 23.3 Å². The van der Waals surface area contributed by atoms with Gasteiger partial charge in [0.25, 0.3) is 0 Å². The number of rotatable bonds is 7. The van der Waals surface area contributed by atoms with Crippen molar-refractivity contribution in [3.63, 3.8) is 0 Å². The lowest BCUT2D eigenvalue weighted by Crippen LogP contribution is -2.52. The Morgan fingerprint density at radius 3 is 2.30 bits per heavy atom. The van der Waals surface area contributed by atoms with Crippen molar-refractivity contribution in [3.05, 3.63) is 69.7 Å². The monoisotopic (exact) mass is 543 g/mol. The van der Waals surface area contributed by atoms with Gasteiger partial charge in [0, 0.05) is 22.0 Å². The molecule has 37 heavy (non-hydrogen) atoms. The number of ether oxygens (including phenoxy) is 1. The van der Waals surface area contributed by atoms with Gasteiger partial charge in [-0.05, 0) is 53.1 Å². The van der Waals surface area contributed by atoms with Crippen LogP contribution in [0.3, 0.4) is 0 Å². The van der Waals surface area contributed by atoms with Gasteiger partial charge >= 0.3 is 5.97 Å². The van der Waals surface area contributed by atoms with Gasteiger partial charge in [-0.1, -0.05) is 82.1 Å². The lowest BCUT2D eigenvalue weighted by atomic mass is 9.63. The van der Waals surface area contributed by atoms with Crippen molar-refractivity contribution in [1.82, 2.24) is 10.6 Å². The third kappa shape index (κ3) is 6.12. The van der Waals surface area contributed by atoms with Gasteiger partial charge in [0.05, 0.1) is 19.2 Å². The van der Waals surface area contributed by atoms with Crippen LogP contribution in [0.25, 0.3) is 0 Å². The van der Waals surface area contributed by atoms with Crippen molar-refractivity contribution in [3.8, 4) is 6.07 Å². The lowest BCUT2D eigenvalue weighted by Gasteiger charge is -2.37. The van der Waals surface area contributed by atoms with E-state index in [1.165, 1.54) is 7.11 Å². The zero-order valence-electron chi connectivity index (χ0n) is 22.1. The molecule has 5 atom stereocenters. The molecule has 0 aromatic heterocycles. The fraction of sp³-hybridized carbons (Fsp3) is 0.483. The molecular weight excluding hydrogens is 509 g/mol. The standard InChI is InChI=1S/C29H35Cl2N3O3/c1-17(2)24(27(36)37-6)34-26(35)25-23(18-8-7-9-21(31)14-18)29(16-32,19-10-12-20(30)13-11-19)22(33-25)15-28(3,4)5/h7-14,17,22-25,33H,15H2,1-6H3,(H,34,35)/t22-,23-,24?,25+,29-/m0/s1. The third-order valence-electron chi connectivity index (χ3n) is 6.99. The summed E-state index contributed by atoms with van der Waals surface area (Å²) in [7, 11) is 1.30. The van der Waals surface area contributed by atoms with Crippen molar-refractivity contribution in [2.24, 2.45) is 11.3 Å². The first-order valence-electron chi connectivity index (χ1n) is 12.4. The van der Waals surface area contributed by atoms with Crippen molar-refractivity contribution in [2.45, 2.75) is 70.5 Å². The molecule has 1 amide bonds. The summed E-state index contributed by atoms with van der Waals surface area (Å²) in [5.74, 6) is -1.69. The van der Waals surface area contributed by atoms with Crippen LogP contribution in [0.5, 0.6) is 0 Å². The molecule has 2 N–H and O–H groups in total. The van der Waals surface area contributed by atoms with Crippen LogP contribution in [-0.2, 0) is 19.7 Å². The van der Waals surface area contributed by atoms with E-state index < -0.39 is 29.4 Å². The van der Waals surface area contributed by atoms with Crippen LogP contribution in [-0.4, -0.2) is 37.1 Å². The second-order valence-electron chi connectivity index (χ2n) is 11.2. The minimum Gasteiger partial charge on any atom is -0.467 e. The molecule has 0 saturated carbocycles. The number of benzene rings is 2. The van der Waals surface area contributed by atoms with E-state index in [0.717, 1.165) is 11.1 Å². The number of carbonyl (C=O) groups is 2. The van der Waals surface area contributed by atoms with Crippen LogP contribution in [0.15, 0.2) is 48.5 Å². The minimum atomic E-state index is -1.12. The molecule has 6 nitrogen and oxygen atoms in total. The summed E-state index contributed by atoms with van der Waals surface area (Å²) in [6.45, 7) is 9.99. The van der Waals surface area contributed by atoms with E-state index in [1.807, 2.05) is 38.1 Å². The third-order valence-corrected chi connectivity index (χ3v) is 7.47. The van der Waals surface area contributed by atoms with Gasteiger partial charge < -0.3 is 15.4 Å². The van der Waals surface area contributed by atoms with Gasteiger partial charge in [0.1, 0.15) is 11.5 Å². The number of methoxy groups -OCH3 is 1. The maximum Gasteiger partial charge on any atom is 0.328 e. The summed E-state index contributed by atoms with van der Waals surface area (Å²) in [5, 5.41) is 18.4. The first-order valence-corrected chi connectivity index (χ1v) is 13.2. The molecule has 3 rings (SSSR count). The smallest absolute Gasteiger partial charge is 0.328 e. The summed E-state index contributed by atoms with van der Waals surface area (Å²) >= 11 is 12.6. The fourth-order valence-electron chi connectivity index (χ4n) is 5.32. The highest BCUT2D eigenvalue weighted by molar-refractivity contribution is 6.30. The van der Waals surface area contributed by atoms with E-state index in [4.69, 9.17) is 27.9 Å². The molecule has 1 unspecified atom stereocenters. The number of halogens is 2. The molecule has 0 aliphatic carbocycles. The number of hydrogen-bond acceptors (Lipinski definition) is 5. The number of carbonyl (C=O) groups excluding carboxylic acids is 2. The predicted octanol–water partition coefficient (Wildman–Crippen LogP) is 5.63. The topological polar surface area (TPSA) is 91.2 Å². The zero-order valence-corrected chi connectivity index (χ0v) is 23.7. The van der Waals surface area contributed by atoms with Crippen LogP contribution in [0.2, 0.25) is 10.0 Å². The van der Waals surface area contributed by atoms with Gasteiger partial charge in [0.2, 0.25) is 5.91 Å². The van der Waals surface area contributed by atoms with Gasteiger partial charge in [-0.2, -0.15) is 5.26 Å². The van der Waals surface area contributed by atoms with Gasteiger partial charge in [0.15, 0.2) is 0 Å². The van der Waals surface area contributed by atoms with Crippen molar-refractivity contribution >= 4 is 35.1 Å². The van der Waals surface area contributed by atoms with Crippen LogP contribution in [0.1, 0.15) is 58.1 Å². The summed E-state index contributed by atoms with van der Waals surface area (Å²) < 4.78 is 4.94. The highest BCUT2D eigenvalue weighted by Crippen LogP contribution is 2.51. The molecule has 2 aromatic rings. The van der Waals surface area contributed by atoms with E-state index in [2.05, 4.69) is 37.5 Å².